The van der Waals surface area contributed by atoms with E-state index in [-0.39, 0.29) is 23.7 Å². The van der Waals surface area contributed by atoms with Crippen LogP contribution in [0.1, 0.15) is 24.8 Å². The predicted octanol–water partition coefficient (Wildman–Crippen LogP) is 4.00. The van der Waals surface area contributed by atoms with Gasteiger partial charge in [-0.3, -0.25) is 4.79 Å². The largest absolute Gasteiger partial charge is 0.483 e. The molecule has 0 radical (unpaired) electrons. The maximum atomic E-state index is 13.8. The number of aromatic nitrogens is 3. The van der Waals surface area contributed by atoms with Crippen LogP contribution in [0.5, 0.6) is 11.6 Å². The number of piperazine rings is 1. The van der Waals surface area contributed by atoms with E-state index >= 15 is 0 Å². The van der Waals surface area contributed by atoms with Gasteiger partial charge < -0.3 is 14.5 Å². The Morgan fingerprint density at radius 3 is 2.55 bits per heavy atom. The molecule has 13 heteroatoms. The zero-order valence-electron chi connectivity index (χ0n) is 20.3. The van der Waals surface area contributed by atoms with Crippen LogP contribution in [-0.4, -0.2) is 62.8 Å². The van der Waals surface area contributed by atoms with Crippen LogP contribution in [0.4, 0.5) is 18.9 Å². The Bertz CT molecular complexity index is 1320. The zero-order chi connectivity index (χ0) is 26.6. The third-order valence-electron chi connectivity index (χ3n) is 6.53. The maximum Gasteiger partial charge on any atom is 0.316 e. The van der Waals surface area contributed by atoms with E-state index in [9.17, 15) is 18.0 Å². The highest BCUT2D eigenvalue weighted by atomic mass is 32.2. The Balaban J connectivity index is 1.35. The molecule has 3 heterocycles. The number of rotatable bonds is 8. The smallest absolute Gasteiger partial charge is 0.316 e. The molecular weight excluding hydrogens is 523 g/mol. The fourth-order valence-electron chi connectivity index (χ4n) is 4.61. The quantitative estimate of drug-likeness (QED) is 0.254. The fourth-order valence-corrected chi connectivity index (χ4v) is 5.57. The standard InChI is InChI=1S/C25H26F3N5O4S/c26-17-3-4-21(13-17)36-23-22(14-30-33(25(23)34)20-11-18(27)10-19(28)12-20)31-6-8-32(9-7-31)38-15-16-2-1-5-29-24(16)37-35/h1-2,5,10-12,14,17,21,35H,3-4,6-9,13,15H2. The van der Waals surface area contributed by atoms with Crippen LogP contribution in [-0.2, 0) is 5.75 Å². The summed E-state index contributed by atoms with van der Waals surface area (Å²) in [6, 6.07) is 6.32. The van der Waals surface area contributed by atoms with Crippen molar-refractivity contribution in [2.75, 3.05) is 31.1 Å². The molecule has 3 aromatic rings. The molecule has 5 rings (SSSR count). The van der Waals surface area contributed by atoms with Crippen molar-refractivity contribution in [3.63, 3.8) is 0 Å². The van der Waals surface area contributed by atoms with Gasteiger partial charge in [-0.1, -0.05) is 18.0 Å². The van der Waals surface area contributed by atoms with Gasteiger partial charge in [-0.15, -0.1) is 0 Å². The van der Waals surface area contributed by atoms with Gasteiger partial charge in [0.05, 0.1) is 11.9 Å². The van der Waals surface area contributed by atoms with Gasteiger partial charge in [0.2, 0.25) is 5.75 Å². The van der Waals surface area contributed by atoms with Crippen LogP contribution in [0, 0.1) is 11.6 Å². The second kappa shape index (κ2) is 11.6. The van der Waals surface area contributed by atoms with Crippen molar-refractivity contribution >= 4 is 17.6 Å². The molecule has 2 aliphatic rings. The molecule has 2 atom stereocenters. The lowest BCUT2D eigenvalue weighted by Crippen LogP contribution is -2.44. The SMILES string of the molecule is O=c1c(OC2CCC(F)C2)c(N2CCN(SCc3cccnc3OO)CC2)cnn1-c1cc(F)cc(F)c1. The molecule has 2 fully saturated rings. The van der Waals surface area contributed by atoms with Crippen LogP contribution in [0.25, 0.3) is 5.69 Å². The van der Waals surface area contributed by atoms with Crippen molar-refractivity contribution in [2.24, 2.45) is 0 Å². The number of halogens is 3. The molecule has 0 bridgehead atoms. The van der Waals surface area contributed by atoms with Gasteiger partial charge in [0.15, 0.2) is 0 Å². The van der Waals surface area contributed by atoms with Crippen molar-refractivity contribution in [3.8, 4) is 17.3 Å². The molecule has 1 N–H and O–H groups in total. The Labute approximate surface area is 220 Å². The highest BCUT2D eigenvalue weighted by molar-refractivity contribution is 7.96. The van der Waals surface area contributed by atoms with E-state index in [2.05, 4.69) is 19.3 Å². The van der Waals surface area contributed by atoms with E-state index in [1.165, 1.54) is 12.4 Å². The van der Waals surface area contributed by atoms with Crippen LogP contribution in [0.2, 0.25) is 0 Å². The normalized spacial score (nSPS) is 20.1. The first kappa shape index (κ1) is 26.3. The molecule has 38 heavy (non-hydrogen) atoms. The number of nitrogens with zero attached hydrogens (tertiary/aromatic N) is 5. The molecule has 202 valence electrons. The first-order chi connectivity index (χ1) is 18.4. The summed E-state index contributed by atoms with van der Waals surface area (Å²) in [5.41, 5.74) is 0.474. The highest BCUT2D eigenvalue weighted by Crippen LogP contribution is 2.32. The number of anilines is 1. The number of alkyl halides is 1. The summed E-state index contributed by atoms with van der Waals surface area (Å²) in [7, 11) is 0. The lowest BCUT2D eigenvalue weighted by Gasteiger charge is -2.36. The molecule has 1 aliphatic heterocycles. The molecule has 2 aromatic heterocycles. The van der Waals surface area contributed by atoms with E-state index < -0.39 is 29.5 Å². The van der Waals surface area contributed by atoms with Gasteiger partial charge in [0.1, 0.15) is 29.6 Å². The van der Waals surface area contributed by atoms with Crippen LogP contribution in [0.15, 0.2) is 47.5 Å². The minimum Gasteiger partial charge on any atom is -0.483 e. The second-order valence-corrected chi connectivity index (χ2v) is 10.2. The number of pyridine rings is 1. The average Bonchev–Trinajstić information content (AvgIpc) is 3.33. The Morgan fingerprint density at radius 1 is 1.11 bits per heavy atom. The molecule has 1 saturated carbocycles. The van der Waals surface area contributed by atoms with E-state index in [1.807, 2.05) is 11.0 Å². The van der Waals surface area contributed by atoms with Gasteiger partial charge >= 0.3 is 5.56 Å². The first-order valence-electron chi connectivity index (χ1n) is 12.2. The first-order valence-corrected chi connectivity index (χ1v) is 13.1. The summed E-state index contributed by atoms with van der Waals surface area (Å²) in [5.74, 6) is -0.980. The number of benzene rings is 1. The van der Waals surface area contributed by atoms with E-state index in [4.69, 9.17) is 9.99 Å². The van der Waals surface area contributed by atoms with Crippen molar-refractivity contribution in [3.05, 3.63) is 70.3 Å². The molecule has 2 unspecified atom stereocenters. The van der Waals surface area contributed by atoms with Crippen molar-refractivity contribution in [2.45, 2.75) is 37.3 Å². The Hall–Kier alpha value is -3.29. The Morgan fingerprint density at radius 2 is 1.87 bits per heavy atom. The van der Waals surface area contributed by atoms with Gasteiger partial charge in [-0.05, 0) is 31.0 Å². The van der Waals surface area contributed by atoms with Crippen molar-refractivity contribution in [1.29, 1.82) is 0 Å². The third kappa shape index (κ3) is 5.89. The summed E-state index contributed by atoms with van der Waals surface area (Å²) in [6.45, 7) is 2.40. The van der Waals surface area contributed by atoms with Gasteiger partial charge in [-0.2, -0.15) is 9.78 Å². The fraction of sp³-hybridized carbons (Fsp3) is 0.400. The van der Waals surface area contributed by atoms with Crippen LogP contribution in [0.3, 0.4) is 0 Å². The summed E-state index contributed by atoms with van der Waals surface area (Å²) >= 11 is 1.56. The van der Waals surface area contributed by atoms with Gasteiger partial charge in [0.25, 0.3) is 5.88 Å². The van der Waals surface area contributed by atoms with Crippen molar-refractivity contribution < 1.29 is 28.1 Å². The molecule has 0 spiro atoms. The maximum absolute atomic E-state index is 13.8. The minimum atomic E-state index is -0.998. The topological polar surface area (TPSA) is 93.0 Å². The third-order valence-corrected chi connectivity index (χ3v) is 7.70. The Kier molecular flexibility index (Phi) is 8.05. The number of hydrogen-bond donors (Lipinski definition) is 1. The lowest BCUT2D eigenvalue weighted by atomic mass is 10.2. The minimum absolute atomic E-state index is 0.00929. The summed E-state index contributed by atoms with van der Waals surface area (Å²) < 4.78 is 50.6. The summed E-state index contributed by atoms with van der Waals surface area (Å²) in [5, 5.41) is 13.2. The number of ether oxygens (including phenoxy) is 1. The number of hydrogen-bond acceptors (Lipinski definition) is 9. The molecule has 9 nitrogen and oxygen atoms in total. The molecule has 1 aliphatic carbocycles. The average molecular weight is 550 g/mol. The van der Waals surface area contributed by atoms with E-state index in [0.717, 1.165) is 22.4 Å². The zero-order valence-corrected chi connectivity index (χ0v) is 21.1. The van der Waals surface area contributed by atoms with Crippen LogP contribution >= 0.6 is 11.9 Å². The lowest BCUT2D eigenvalue weighted by molar-refractivity contribution is -0.142. The van der Waals surface area contributed by atoms with Gasteiger partial charge in [-0.25, -0.2) is 27.7 Å². The van der Waals surface area contributed by atoms with E-state index in [1.54, 1.807) is 18.0 Å². The molecule has 1 saturated heterocycles. The molecule has 0 amide bonds. The van der Waals surface area contributed by atoms with Crippen LogP contribution < -0.4 is 20.1 Å². The van der Waals surface area contributed by atoms with E-state index in [0.29, 0.717) is 56.5 Å². The molecule has 1 aromatic carbocycles. The van der Waals surface area contributed by atoms with Crippen molar-refractivity contribution in [1.82, 2.24) is 19.1 Å². The van der Waals surface area contributed by atoms with Gasteiger partial charge in [0, 0.05) is 56.2 Å². The predicted molar refractivity (Wildman–Crippen MR) is 135 cm³/mol. The molecular formula is C25H26F3N5O4S. The summed E-state index contributed by atoms with van der Waals surface area (Å²) in [4.78, 5) is 23.7. The second-order valence-electron chi connectivity index (χ2n) is 9.10. The monoisotopic (exact) mass is 549 g/mol. The highest BCUT2D eigenvalue weighted by Gasteiger charge is 2.30. The summed E-state index contributed by atoms with van der Waals surface area (Å²) in [6.07, 6.45) is 2.50.